The number of nitrogens with one attached hydrogen (secondary N) is 1. The molecule has 1 aromatic heterocycles. The molecule has 0 radical (unpaired) electrons. The van der Waals surface area contributed by atoms with Crippen molar-refractivity contribution in [2.24, 2.45) is 0 Å². The van der Waals surface area contributed by atoms with Crippen LogP contribution < -0.4 is 5.43 Å². The van der Waals surface area contributed by atoms with E-state index in [4.69, 9.17) is 5.11 Å². The first kappa shape index (κ1) is 11.4. The van der Waals surface area contributed by atoms with Gasteiger partial charge < -0.3 is 10.1 Å². The van der Waals surface area contributed by atoms with Gasteiger partial charge in [0.1, 0.15) is 5.56 Å². The lowest BCUT2D eigenvalue weighted by Gasteiger charge is -2.03. The molecule has 0 aliphatic heterocycles. The van der Waals surface area contributed by atoms with Crippen LogP contribution in [-0.4, -0.2) is 16.1 Å². The second-order valence-corrected chi connectivity index (χ2v) is 3.97. The average Bonchev–Trinajstić information content (AvgIpc) is 2.30. The van der Waals surface area contributed by atoms with E-state index in [9.17, 15) is 9.59 Å². The number of aromatic amines is 1. The smallest absolute Gasteiger partial charge is 0.341 e. The van der Waals surface area contributed by atoms with Crippen molar-refractivity contribution < 1.29 is 9.90 Å². The van der Waals surface area contributed by atoms with E-state index in [0.29, 0.717) is 10.9 Å². The molecule has 88 valence electrons. The van der Waals surface area contributed by atoms with Gasteiger partial charge in [0.05, 0.1) is 0 Å². The van der Waals surface area contributed by atoms with Crippen molar-refractivity contribution in [2.45, 2.75) is 19.8 Å². The van der Waals surface area contributed by atoms with E-state index in [2.05, 4.69) is 11.9 Å². The summed E-state index contributed by atoms with van der Waals surface area (Å²) in [7, 11) is 0. The van der Waals surface area contributed by atoms with Crippen LogP contribution in [0, 0.1) is 0 Å². The maximum Gasteiger partial charge on any atom is 0.341 e. The number of benzene rings is 1. The summed E-state index contributed by atoms with van der Waals surface area (Å²) < 4.78 is 0. The van der Waals surface area contributed by atoms with Crippen molar-refractivity contribution in [1.29, 1.82) is 0 Å². The number of H-pyrrole nitrogens is 1. The number of hydrogen-bond donors (Lipinski definition) is 2. The highest BCUT2D eigenvalue weighted by Gasteiger charge is 2.11. The minimum absolute atomic E-state index is 0.217. The number of aryl methyl sites for hydroxylation is 1. The minimum atomic E-state index is -1.20. The number of carboxylic acids is 1. The van der Waals surface area contributed by atoms with Crippen molar-refractivity contribution in [3.8, 4) is 0 Å². The molecule has 0 unspecified atom stereocenters. The fourth-order valence-corrected chi connectivity index (χ4v) is 1.87. The van der Waals surface area contributed by atoms with Gasteiger partial charge in [-0.3, -0.25) is 4.79 Å². The summed E-state index contributed by atoms with van der Waals surface area (Å²) >= 11 is 0. The number of carbonyl (C=O) groups is 1. The lowest BCUT2D eigenvalue weighted by molar-refractivity contribution is 0.0695. The molecule has 0 bridgehead atoms. The third-order valence-corrected chi connectivity index (χ3v) is 2.71. The van der Waals surface area contributed by atoms with Crippen molar-refractivity contribution in [1.82, 2.24) is 4.98 Å². The van der Waals surface area contributed by atoms with Crippen LogP contribution in [0.4, 0.5) is 0 Å². The zero-order valence-corrected chi connectivity index (χ0v) is 9.49. The Kier molecular flexibility index (Phi) is 2.95. The number of rotatable bonds is 3. The summed E-state index contributed by atoms with van der Waals surface area (Å²) in [5.41, 5.74) is 1.07. The first-order valence-electron chi connectivity index (χ1n) is 5.51. The number of carboxylic acid groups (broad SMARTS) is 1. The second kappa shape index (κ2) is 4.41. The van der Waals surface area contributed by atoms with E-state index in [0.717, 1.165) is 18.4 Å². The second-order valence-electron chi connectivity index (χ2n) is 3.97. The van der Waals surface area contributed by atoms with Crippen molar-refractivity contribution >= 4 is 16.9 Å². The van der Waals surface area contributed by atoms with E-state index < -0.39 is 11.4 Å². The van der Waals surface area contributed by atoms with Crippen LogP contribution in [0.1, 0.15) is 29.3 Å². The number of aromatic carboxylic acids is 1. The minimum Gasteiger partial charge on any atom is -0.477 e. The molecular weight excluding hydrogens is 218 g/mol. The highest BCUT2D eigenvalue weighted by atomic mass is 16.4. The molecule has 1 aromatic carbocycles. The Morgan fingerprint density at radius 2 is 2.18 bits per heavy atom. The zero-order valence-electron chi connectivity index (χ0n) is 9.49. The molecule has 0 aliphatic rings. The number of aromatic nitrogens is 1. The molecule has 0 fully saturated rings. The maximum absolute atomic E-state index is 11.9. The van der Waals surface area contributed by atoms with Gasteiger partial charge in [0.25, 0.3) is 0 Å². The molecule has 4 heteroatoms. The van der Waals surface area contributed by atoms with Crippen molar-refractivity contribution in [3.05, 3.63) is 45.7 Å². The van der Waals surface area contributed by atoms with Crippen LogP contribution in [-0.2, 0) is 6.42 Å². The normalized spacial score (nSPS) is 10.6. The van der Waals surface area contributed by atoms with Gasteiger partial charge in [-0.25, -0.2) is 4.79 Å². The van der Waals surface area contributed by atoms with E-state index in [1.165, 1.54) is 6.20 Å². The van der Waals surface area contributed by atoms with E-state index in [-0.39, 0.29) is 5.56 Å². The highest BCUT2D eigenvalue weighted by Crippen LogP contribution is 2.12. The SMILES string of the molecule is CCCc1ccc2[nH]cc(C(=O)O)c(=O)c2c1. The van der Waals surface area contributed by atoms with E-state index >= 15 is 0 Å². The molecule has 17 heavy (non-hydrogen) atoms. The van der Waals surface area contributed by atoms with Crippen LogP contribution in [0.3, 0.4) is 0 Å². The summed E-state index contributed by atoms with van der Waals surface area (Å²) in [4.78, 5) is 25.6. The Hall–Kier alpha value is -2.10. The number of pyridine rings is 1. The Labute approximate surface area is 97.9 Å². The molecule has 0 amide bonds. The number of fused-ring (bicyclic) bond motifs is 1. The van der Waals surface area contributed by atoms with Gasteiger partial charge in [0, 0.05) is 17.1 Å². The monoisotopic (exact) mass is 231 g/mol. The van der Waals surface area contributed by atoms with Gasteiger partial charge >= 0.3 is 5.97 Å². The third kappa shape index (κ3) is 2.06. The van der Waals surface area contributed by atoms with Crippen LogP contribution in [0.15, 0.2) is 29.2 Å². The van der Waals surface area contributed by atoms with Crippen LogP contribution in [0.5, 0.6) is 0 Å². The van der Waals surface area contributed by atoms with Crippen molar-refractivity contribution in [3.63, 3.8) is 0 Å². The number of hydrogen-bond acceptors (Lipinski definition) is 2. The average molecular weight is 231 g/mol. The zero-order chi connectivity index (χ0) is 12.4. The van der Waals surface area contributed by atoms with Gasteiger partial charge in [-0.15, -0.1) is 0 Å². The van der Waals surface area contributed by atoms with Gasteiger partial charge in [-0.2, -0.15) is 0 Å². The molecule has 0 saturated carbocycles. The molecule has 0 saturated heterocycles. The molecule has 2 aromatic rings. The Bertz CT molecular complexity index is 628. The lowest BCUT2D eigenvalue weighted by Crippen LogP contribution is -2.15. The summed E-state index contributed by atoms with van der Waals surface area (Å²) in [6.07, 6.45) is 3.11. The highest BCUT2D eigenvalue weighted by molar-refractivity contribution is 5.92. The summed E-state index contributed by atoms with van der Waals surface area (Å²) in [6.45, 7) is 2.06. The fourth-order valence-electron chi connectivity index (χ4n) is 1.87. The molecule has 2 N–H and O–H groups in total. The van der Waals surface area contributed by atoms with Gasteiger partial charge in [-0.1, -0.05) is 19.4 Å². The molecule has 1 heterocycles. The quantitative estimate of drug-likeness (QED) is 0.850. The molecular formula is C13H13NO3. The molecule has 2 rings (SSSR count). The standard InChI is InChI=1S/C13H13NO3/c1-2-3-8-4-5-11-9(6-8)12(15)10(7-14-11)13(16)17/h4-7H,2-3H2,1H3,(H,14,15)(H,16,17). The summed E-state index contributed by atoms with van der Waals surface area (Å²) in [6, 6.07) is 5.53. The Morgan fingerprint density at radius 3 is 2.82 bits per heavy atom. The predicted molar refractivity (Wildman–Crippen MR) is 65.5 cm³/mol. The third-order valence-electron chi connectivity index (χ3n) is 2.71. The molecule has 0 aliphatic carbocycles. The largest absolute Gasteiger partial charge is 0.477 e. The lowest BCUT2D eigenvalue weighted by atomic mass is 10.1. The summed E-state index contributed by atoms with van der Waals surface area (Å²) in [5.74, 6) is -1.20. The fraction of sp³-hybridized carbons (Fsp3) is 0.231. The van der Waals surface area contributed by atoms with Crippen LogP contribution in [0.25, 0.3) is 10.9 Å². The molecule has 4 nitrogen and oxygen atoms in total. The van der Waals surface area contributed by atoms with E-state index in [1.807, 2.05) is 12.1 Å². The predicted octanol–water partition coefficient (Wildman–Crippen LogP) is 2.18. The first-order valence-corrected chi connectivity index (χ1v) is 5.51. The van der Waals surface area contributed by atoms with Crippen LogP contribution >= 0.6 is 0 Å². The molecule has 0 atom stereocenters. The summed E-state index contributed by atoms with van der Waals surface area (Å²) in [5, 5.41) is 9.32. The topological polar surface area (TPSA) is 70.2 Å². The van der Waals surface area contributed by atoms with Crippen molar-refractivity contribution in [2.75, 3.05) is 0 Å². The maximum atomic E-state index is 11.9. The van der Waals surface area contributed by atoms with Gasteiger partial charge in [-0.05, 0) is 24.1 Å². The van der Waals surface area contributed by atoms with E-state index in [1.54, 1.807) is 6.07 Å². The Morgan fingerprint density at radius 1 is 1.41 bits per heavy atom. The van der Waals surface area contributed by atoms with Crippen LogP contribution in [0.2, 0.25) is 0 Å². The molecule has 0 spiro atoms. The van der Waals surface area contributed by atoms with Gasteiger partial charge in [0.15, 0.2) is 0 Å². The van der Waals surface area contributed by atoms with Gasteiger partial charge in [0.2, 0.25) is 5.43 Å². The Balaban J connectivity index is 2.69. The first-order chi connectivity index (χ1) is 8.13.